The van der Waals surface area contributed by atoms with Gasteiger partial charge >= 0.3 is 6.18 Å². The molecule has 0 saturated carbocycles. The summed E-state index contributed by atoms with van der Waals surface area (Å²) in [4.78, 5) is 12.3. The molecule has 1 saturated heterocycles. The molecule has 0 unspecified atom stereocenters. The van der Waals surface area contributed by atoms with E-state index in [-0.39, 0.29) is 12.4 Å². The van der Waals surface area contributed by atoms with Crippen LogP contribution in [-0.4, -0.2) is 48.6 Å². The summed E-state index contributed by atoms with van der Waals surface area (Å²) in [5.74, 6) is 0.393. The third kappa shape index (κ3) is 5.12. The lowest BCUT2D eigenvalue weighted by Gasteiger charge is -2.37. The second-order valence-electron chi connectivity index (χ2n) is 6.24. The average molecular weight is 415 g/mol. The Morgan fingerprint density at radius 3 is 2.43 bits per heavy atom. The zero-order valence-corrected chi connectivity index (χ0v) is 16.2. The molecule has 1 N–H and O–H groups in total. The number of anilines is 1. The van der Waals surface area contributed by atoms with Crippen molar-refractivity contribution in [2.45, 2.75) is 19.6 Å². The molecule has 1 aliphatic heterocycles. The van der Waals surface area contributed by atoms with Crippen molar-refractivity contribution in [2.75, 3.05) is 37.6 Å². The number of nitrogens with zero attached hydrogens (tertiary/aromatic N) is 4. The molecule has 0 atom stereocenters. The zero-order valence-electron chi connectivity index (χ0n) is 15.3. The van der Waals surface area contributed by atoms with Gasteiger partial charge in [0.2, 0.25) is 0 Å². The number of halogens is 4. The molecule has 1 fully saturated rings. The normalized spacial score (nSPS) is 15.8. The van der Waals surface area contributed by atoms with Crippen LogP contribution in [0.25, 0.3) is 0 Å². The van der Waals surface area contributed by atoms with Gasteiger partial charge in [0.1, 0.15) is 10.8 Å². The van der Waals surface area contributed by atoms with Crippen molar-refractivity contribution in [1.82, 2.24) is 15.2 Å². The summed E-state index contributed by atoms with van der Waals surface area (Å²) >= 11 is 0.959. The maximum Gasteiger partial charge on any atom is 0.434 e. The first-order valence-electron chi connectivity index (χ1n) is 8.92. The van der Waals surface area contributed by atoms with Crippen molar-refractivity contribution >= 4 is 23.0 Å². The molecule has 1 aromatic carbocycles. The van der Waals surface area contributed by atoms with E-state index in [1.807, 2.05) is 6.92 Å². The van der Waals surface area contributed by atoms with Crippen LogP contribution in [-0.2, 0) is 12.7 Å². The number of hydrogen-bond acceptors (Lipinski definition) is 4. The average Bonchev–Trinajstić information content (AvgIpc) is 3.15. The van der Waals surface area contributed by atoms with Crippen LogP contribution in [0.2, 0.25) is 0 Å². The highest BCUT2D eigenvalue weighted by Gasteiger charge is 2.33. The molecule has 1 aliphatic rings. The third-order valence-electron chi connectivity index (χ3n) is 4.31. The standard InChI is InChI=1S/C18H21F4N5S/c1-2-23-17(24-11-16-25-15(12-28-16)18(20,21)22)27-9-7-26(8-10-27)14-5-3-13(19)4-6-14/h3-6,12H,2,7-11H2,1H3,(H,23,24). The van der Waals surface area contributed by atoms with Gasteiger partial charge < -0.3 is 15.1 Å². The van der Waals surface area contributed by atoms with Gasteiger partial charge in [-0.1, -0.05) is 0 Å². The summed E-state index contributed by atoms with van der Waals surface area (Å²) in [5.41, 5.74) is 0.0890. The van der Waals surface area contributed by atoms with E-state index in [1.165, 1.54) is 12.1 Å². The van der Waals surface area contributed by atoms with Gasteiger partial charge in [-0.3, -0.25) is 0 Å². The number of aromatic nitrogens is 1. The molecular weight excluding hydrogens is 394 g/mol. The van der Waals surface area contributed by atoms with Crippen molar-refractivity contribution in [3.8, 4) is 0 Å². The Labute approximate surface area is 164 Å². The van der Waals surface area contributed by atoms with Crippen molar-refractivity contribution in [1.29, 1.82) is 0 Å². The fourth-order valence-corrected chi connectivity index (χ4v) is 3.63. The van der Waals surface area contributed by atoms with Crippen molar-refractivity contribution in [2.24, 2.45) is 4.99 Å². The topological polar surface area (TPSA) is 43.8 Å². The summed E-state index contributed by atoms with van der Waals surface area (Å²) in [6, 6.07) is 6.39. The lowest BCUT2D eigenvalue weighted by Crippen LogP contribution is -2.52. The van der Waals surface area contributed by atoms with Gasteiger partial charge in [-0.05, 0) is 31.2 Å². The van der Waals surface area contributed by atoms with Gasteiger partial charge in [0.05, 0.1) is 6.54 Å². The number of benzene rings is 1. The van der Waals surface area contributed by atoms with Crippen LogP contribution < -0.4 is 10.2 Å². The second-order valence-corrected chi connectivity index (χ2v) is 7.19. The fraction of sp³-hybridized carbons (Fsp3) is 0.444. The predicted octanol–water partition coefficient (Wildman–Crippen LogP) is 3.59. The van der Waals surface area contributed by atoms with Crippen molar-refractivity contribution in [3.05, 3.63) is 46.2 Å². The highest BCUT2D eigenvalue weighted by molar-refractivity contribution is 7.09. The summed E-state index contributed by atoms with van der Waals surface area (Å²) in [6.07, 6.45) is -4.43. The highest BCUT2D eigenvalue weighted by Crippen LogP contribution is 2.30. The third-order valence-corrected chi connectivity index (χ3v) is 5.15. The molecule has 1 aromatic heterocycles. The van der Waals surface area contributed by atoms with E-state index in [9.17, 15) is 17.6 Å². The van der Waals surface area contributed by atoms with Gasteiger partial charge in [-0.2, -0.15) is 13.2 Å². The summed E-state index contributed by atoms with van der Waals surface area (Å²) in [6.45, 7) is 5.58. The lowest BCUT2D eigenvalue weighted by molar-refractivity contribution is -0.140. The number of aliphatic imine (C=N–C) groups is 1. The fourth-order valence-electron chi connectivity index (χ4n) is 2.91. The van der Waals surface area contributed by atoms with Crippen LogP contribution in [0.5, 0.6) is 0 Å². The van der Waals surface area contributed by atoms with E-state index in [2.05, 4.69) is 25.1 Å². The number of alkyl halides is 3. The first kappa shape index (κ1) is 20.4. The molecular formula is C18H21F4N5S. The minimum absolute atomic E-state index is 0.0985. The quantitative estimate of drug-likeness (QED) is 0.471. The lowest BCUT2D eigenvalue weighted by atomic mass is 10.2. The van der Waals surface area contributed by atoms with Gasteiger partial charge in [0.25, 0.3) is 0 Å². The SMILES string of the molecule is CCNC(=NCc1nc(C(F)(F)F)cs1)N1CCN(c2ccc(F)cc2)CC1. The zero-order chi connectivity index (χ0) is 20.1. The Hall–Kier alpha value is -2.36. The number of guanidine groups is 1. The van der Waals surface area contributed by atoms with E-state index < -0.39 is 11.9 Å². The monoisotopic (exact) mass is 415 g/mol. The maximum absolute atomic E-state index is 13.1. The van der Waals surface area contributed by atoms with Crippen LogP contribution >= 0.6 is 11.3 Å². The Morgan fingerprint density at radius 1 is 1.18 bits per heavy atom. The molecule has 5 nitrogen and oxygen atoms in total. The first-order chi connectivity index (χ1) is 13.4. The second kappa shape index (κ2) is 8.76. The molecule has 0 amide bonds. The van der Waals surface area contributed by atoms with E-state index in [1.54, 1.807) is 12.1 Å². The van der Waals surface area contributed by atoms with Crippen molar-refractivity contribution < 1.29 is 17.6 Å². The summed E-state index contributed by atoms with van der Waals surface area (Å²) in [7, 11) is 0. The first-order valence-corrected chi connectivity index (χ1v) is 9.80. The summed E-state index contributed by atoms with van der Waals surface area (Å²) in [5, 5.41) is 4.52. The van der Waals surface area contributed by atoms with Crippen LogP contribution in [0.4, 0.5) is 23.2 Å². The number of hydrogen-bond donors (Lipinski definition) is 1. The minimum Gasteiger partial charge on any atom is -0.368 e. The molecule has 28 heavy (non-hydrogen) atoms. The van der Waals surface area contributed by atoms with Gasteiger partial charge in [-0.25, -0.2) is 14.4 Å². The van der Waals surface area contributed by atoms with Crippen LogP contribution in [0, 0.1) is 5.82 Å². The Morgan fingerprint density at radius 2 is 1.86 bits per heavy atom. The van der Waals surface area contributed by atoms with Crippen LogP contribution in [0.3, 0.4) is 0 Å². The Balaban J connectivity index is 1.62. The maximum atomic E-state index is 13.1. The molecule has 152 valence electrons. The minimum atomic E-state index is -4.43. The predicted molar refractivity (Wildman–Crippen MR) is 102 cm³/mol. The molecule has 3 rings (SSSR count). The summed E-state index contributed by atoms with van der Waals surface area (Å²) < 4.78 is 51.1. The molecule has 0 bridgehead atoms. The largest absolute Gasteiger partial charge is 0.434 e. The molecule has 0 radical (unpaired) electrons. The van der Waals surface area contributed by atoms with Crippen LogP contribution in [0.15, 0.2) is 34.6 Å². The van der Waals surface area contributed by atoms with E-state index >= 15 is 0 Å². The molecule has 0 spiro atoms. The number of thiazole rings is 1. The Bertz CT molecular complexity index is 795. The van der Waals surface area contributed by atoms with Gasteiger partial charge in [0, 0.05) is 43.8 Å². The van der Waals surface area contributed by atoms with E-state index in [4.69, 9.17) is 0 Å². The molecule has 0 aliphatic carbocycles. The smallest absolute Gasteiger partial charge is 0.368 e. The Kier molecular flexibility index (Phi) is 6.38. The van der Waals surface area contributed by atoms with Gasteiger partial charge in [0.15, 0.2) is 11.7 Å². The van der Waals surface area contributed by atoms with E-state index in [0.717, 1.165) is 35.5 Å². The number of nitrogens with one attached hydrogen (secondary N) is 1. The highest BCUT2D eigenvalue weighted by atomic mass is 32.1. The van der Waals surface area contributed by atoms with E-state index in [0.29, 0.717) is 30.6 Å². The molecule has 2 aromatic rings. The molecule has 10 heteroatoms. The van der Waals surface area contributed by atoms with Gasteiger partial charge in [-0.15, -0.1) is 11.3 Å². The number of rotatable bonds is 4. The van der Waals surface area contributed by atoms with Crippen molar-refractivity contribution in [3.63, 3.8) is 0 Å². The number of piperazine rings is 1. The van der Waals surface area contributed by atoms with Crippen LogP contribution in [0.1, 0.15) is 17.6 Å². The molecule has 2 heterocycles.